The van der Waals surface area contributed by atoms with Gasteiger partial charge in [0.1, 0.15) is 5.54 Å². The number of nitriles is 1. The number of nitrogens with zero attached hydrogens (tertiary/aromatic N) is 3. The van der Waals surface area contributed by atoms with Crippen LogP contribution in [0.1, 0.15) is 38.5 Å². The minimum atomic E-state index is -0.700. The zero-order valence-corrected chi connectivity index (χ0v) is 15.8. The highest BCUT2D eigenvalue weighted by Gasteiger charge is 2.32. The van der Waals surface area contributed by atoms with Crippen LogP contribution >= 0.6 is 23.4 Å². The van der Waals surface area contributed by atoms with E-state index in [1.54, 1.807) is 0 Å². The number of carbonyl (C=O) groups excluding carboxylic acids is 1. The highest BCUT2D eigenvalue weighted by atomic mass is 35.5. The number of carbonyl (C=O) groups is 1. The quantitative estimate of drug-likeness (QED) is 0.645. The Kier molecular flexibility index (Phi) is 5.55. The molecule has 7 heteroatoms. The smallest absolute Gasteiger partial charge is 0.231 e. The molecule has 0 aliphatic heterocycles. The van der Waals surface area contributed by atoms with Gasteiger partial charge in [0.2, 0.25) is 5.91 Å². The van der Waals surface area contributed by atoms with Gasteiger partial charge in [0.05, 0.1) is 22.9 Å². The minimum absolute atomic E-state index is 0.112. The van der Waals surface area contributed by atoms with Crippen molar-refractivity contribution in [2.45, 2.75) is 49.2 Å². The third kappa shape index (κ3) is 4.10. The Labute approximate surface area is 156 Å². The predicted molar refractivity (Wildman–Crippen MR) is 101 cm³/mol. The maximum absolute atomic E-state index is 12.4. The number of benzene rings is 1. The average molecular weight is 377 g/mol. The Morgan fingerprint density at radius 3 is 2.80 bits per heavy atom. The number of nitrogens with one attached hydrogen (secondary N) is 1. The SMILES string of the molecule is Cn1c(SCC(=O)NC2(C#N)CCCCCC2)nc2cc(Cl)ccc21. The van der Waals surface area contributed by atoms with Crippen molar-refractivity contribution in [2.24, 2.45) is 7.05 Å². The van der Waals surface area contributed by atoms with Crippen LogP contribution in [0.5, 0.6) is 0 Å². The first kappa shape index (κ1) is 18.1. The molecule has 0 atom stereocenters. The molecule has 1 aliphatic carbocycles. The van der Waals surface area contributed by atoms with Gasteiger partial charge in [0.15, 0.2) is 5.16 Å². The molecule has 2 aromatic rings. The van der Waals surface area contributed by atoms with Crippen molar-refractivity contribution in [1.29, 1.82) is 5.26 Å². The predicted octanol–water partition coefficient (Wildman–Crippen LogP) is 4.05. The number of amides is 1. The second-order valence-corrected chi connectivity index (χ2v) is 7.91. The van der Waals surface area contributed by atoms with Crippen molar-refractivity contribution >= 4 is 40.3 Å². The number of aryl methyl sites for hydroxylation is 1. The fourth-order valence-corrected chi connectivity index (χ4v) is 4.26. The van der Waals surface area contributed by atoms with Gasteiger partial charge in [-0.2, -0.15) is 5.26 Å². The fraction of sp³-hybridized carbons (Fsp3) is 0.500. The maximum Gasteiger partial charge on any atom is 0.231 e. The third-order valence-corrected chi connectivity index (χ3v) is 5.95. The van der Waals surface area contributed by atoms with Crippen LogP contribution in [0.2, 0.25) is 5.02 Å². The first-order valence-corrected chi connectivity index (χ1v) is 9.86. The first-order valence-electron chi connectivity index (χ1n) is 8.50. The Bertz CT molecular complexity index is 818. The lowest BCUT2D eigenvalue weighted by Gasteiger charge is -2.26. The van der Waals surface area contributed by atoms with E-state index in [2.05, 4.69) is 16.4 Å². The van der Waals surface area contributed by atoms with Crippen molar-refractivity contribution in [3.8, 4) is 6.07 Å². The highest BCUT2D eigenvalue weighted by Crippen LogP contribution is 2.28. The largest absolute Gasteiger partial charge is 0.337 e. The standard InChI is InChI=1S/C18H21ClN4OS/c1-23-15-7-6-13(19)10-14(15)21-17(23)25-11-16(24)22-18(12-20)8-4-2-3-5-9-18/h6-7,10H,2-5,8-9,11H2,1H3,(H,22,24). The number of aromatic nitrogens is 2. The number of fused-ring (bicyclic) bond motifs is 1. The van der Waals surface area contributed by atoms with E-state index < -0.39 is 5.54 Å². The molecule has 1 saturated carbocycles. The minimum Gasteiger partial charge on any atom is -0.337 e. The lowest BCUT2D eigenvalue weighted by molar-refractivity contribution is -0.120. The average Bonchev–Trinajstić information content (AvgIpc) is 2.76. The van der Waals surface area contributed by atoms with Gasteiger partial charge in [-0.15, -0.1) is 0 Å². The molecule has 0 saturated heterocycles. The second-order valence-electron chi connectivity index (χ2n) is 6.53. The highest BCUT2D eigenvalue weighted by molar-refractivity contribution is 7.99. The van der Waals surface area contributed by atoms with E-state index in [4.69, 9.17) is 11.6 Å². The topological polar surface area (TPSA) is 70.7 Å². The molecule has 1 aromatic heterocycles. The van der Waals surface area contributed by atoms with Crippen molar-refractivity contribution in [3.63, 3.8) is 0 Å². The molecule has 1 aliphatic rings. The van der Waals surface area contributed by atoms with Crippen LogP contribution in [0, 0.1) is 11.3 Å². The molecule has 1 amide bonds. The molecule has 1 heterocycles. The molecule has 0 bridgehead atoms. The molecule has 25 heavy (non-hydrogen) atoms. The summed E-state index contributed by atoms with van der Waals surface area (Å²) in [5.74, 6) is 0.132. The Hall–Kier alpha value is -1.71. The van der Waals surface area contributed by atoms with Gasteiger partial charge in [-0.05, 0) is 31.0 Å². The van der Waals surface area contributed by atoms with Crippen molar-refractivity contribution in [1.82, 2.24) is 14.9 Å². The van der Waals surface area contributed by atoms with E-state index in [-0.39, 0.29) is 11.7 Å². The Morgan fingerprint density at radius 1 is 1.40 bits per heavy atom. The number of imidazole rings is 1. The molecule has 132 valence electrons. The van der Waals surface area contributed by atoms with Gasteiger partial charge in [-0.3, -0.25) is 4.79 Å². The maximum atomic E-state index is 12.4. The van der Waals surface area contributed by atoms with Crippen LogP contribution in [0.4, 0.5) is 0 Å². The van der Waals surface area contributed by atoms with E-state index in [1.165, 1.54) is 11.8 Å². The van der Waals surface area contributed by atoms with Crippen LogP contribution in [-0.4, -0.2) is 26.8 Å². The first-order chi connectivity index (χ1) is 12.0. The number of thioether (sulfide) groups is 1. The van der Waals surface area contributed by atoms with Gasteiger partial charge in [0, 0.05) is 12.1 Å². The third-order valence-electron chi connectivity index (χ3n) is 4.68. The number of rotatable bonds is 4. The van der Waals surface area contributed by atoms with E-state index >= 15 is 0 Å². The van der Waals surface area contributed by atoms with Gasteiger partial charge in [-0.1, -0.05) is 49.0 Å². The molecular formula is C18H21ClN4OS. The zero-order chi connectivity index (χ0) is 17.9. The second kappa shape index (κ2) is 7.67. The molecule has 5 nitrogen and oxygen atoms in total. The van der Waals surface area contributed by atoms with Crippen LogP contribution in [0.3, 0.4) is 0 Å². The van der Waals surface area contributed by atoms with E-state index in [0.717, 1.165) is 54.7 Å². The molecule has 0 spiro atoms. The van der Waals surface area contributed by atoms with Gasteiger partial charge >= 0.3 is 0 Å². The van der Waals surface area contributed by atoms with E-state index in [0.29, 0.717) is 5.02 Å². The van der Waals surface area contributed by atoms with Gasteiger partial charge in [-0.25, -0.2) is 4.98 Å². The lowest BCUT2D eigenvalue weighted by atomic mass is 9.92. The van der Waals surface area contributed by atoms with E-state index in [1.807, 2.05) is 29.8 Å². The summed E-state index contributed by atoms with van der Waals surface area (Å²) in [5.41, 5.74) is 1.09. The summed E-state index contributed by atoms with van der Waals surface area (Å²) >= 11 is 7.39. The number of halogens is 1. The molecule has 1 N–H and O–H groups in total. The molecule has 0 radical (unpaired) electrons. The lowest BCUT2D eigenvalue weighted by Crippen LogP contribution is -2.47. The number of hydrogen-bond donors (Lipinski definition) is 1. The van der Waals surface area contributed by atoms with Crippen LogP contribution in [0.15, 0.2) is 23.4 Å². The van der Waals surface area contributed by atoms with Crippen molar-refractivity contribution in [2.75, 3.05) is 5.75 Å². The summed E-state index contributed by atoms with van der Waals surface area (Å²) in [6.07, 6.45) is 5.74. The summed E-state index contributed by atoms with van der Waals surface area (Å²) in [6.45, 7) is 0. The Balaban J connectivity index is 1.66. The summed E-state index contributed by atoms with van der Waals surface area (Å²) in [7, 11) is 1.92. The monoisotopic (exact) mass is 376 g/mol. The van der Waals surface area contributed by atoms with Crippen LogP contribution in [0.25, 0.3) is 11.0 Å². The fourth-order valence-electron chi connectivity index (χ4n) is 3.31. The Morgan fingerprint density at radius 2 is 2.12 bits per heavy atom. The summed E-state index contributed by atoms with van der Waals surface area (Å²) in [4.78, 5) is 16.9. The van der Waals surface area contributed by atoms with Gasteiger partial charge < -0.3 is 9.88 Å². The molecule has 3 rings (SSSR count). The molecular weight excluding hydrogens is 356 g/mol. The van der Waals surface area contributed by atoms with Gasteiger partial charge in [0.25, 0.3) is 0 Å². The zero-order valence-electron chi connectivity index (χ0n) is 14.2. The molecule has 1 fully saturated rings. The van der Waals surface area contributed by atoms with Crippen LogP contribution in [-0.2, 0) is 11.8 Å². The van der Waals surface area contributed by atoms with Crippen molar-refractivity contribution < 1.29 is 4.79 Å². The summed E-state index contributed by atoms with van der Waals surface area (Å²) < 4.78 is 1.95. The molecule has 1 aromatic carbocycles. The number of hydrogen-bond acceptors (Lipinski definition) is 4. The van der Waals surface area contributed by atoms with E-state index in [9.17, 15) is 10.1 Å². The summed E-state index contributed by atoms with van der Waals surface area (Å²) in [6, 6.07) is 7.92. The van der Waals surface area contributed by atoms with Crippen molar-refractivity contribution in [3.05, 3.63) is 23.2 Å². The molecule has 0 unspecified atom stereocenters. The van der Waals surface area contributed by atoms with Crippen LogP contribution < -0.4 is 5.32 Å². The normalized spacial score (nSPS) is 17.0. The summed E-state index contributed by atoms with van der Waals surface area (Å²) in [5, 5.41) is 13.9.